The normalized spacial score (nSPS) is 11.5. The zero-order valence-corrected chi connectivity index (χ0v) is 19.6. The number of oxazole rings is 1. The van der Waals surface area contributed by atoms with Gasteiger partial charge in [-0.2, -0.15) is 0 Å². The minimum Gasteiger partial charge on any atom is -0.493 e. The lowest BCUT2D eigenvalue weighted by Crippen LogP contribution is -2.27. The zero-order chi connectivity index (χ0) is 22.8. The summed E-state index contributed by atoms with van der Waals surface area (Å²) in [6.07, 6.45) is 7.05. The molecule has 0 bridgehead atoms. The van der Waals surface area contributed by atoms with E-state index in [0.717, 1.165) is 42.7 Å². The Hall–Kier alpha value is -2.99. The first-order valence-electron chi connectivity index (χ1n) is 11.3. The smallest absolute Gasteiger partial charge is 0.220 e. The van der Waals surface area contributed by atoms with E-state index in [4.69, 9.17) is 18.6 Å². The average molecular weight is 439 g/mol. The van der Waals surface area contributed by atoms with Crippen molar-refractivity contribution in [3.63, 3.8) is 0 Å². The number of para-hydroxylation sites is 2. The summed E-state index contributed by atoms with van der Waals surface area (Å²) < 4.78 is 23.0. The maximum atomic E-state index is 6.08. The third-order valence-corrected chi connectivity index (χ3v) is 5.16. The summed E-state index contributed by atoms with van der Waals surface area (Å²) in [6, 6.07) is 11.6. The summed E-state index contributed by atoms with van der Waals surface area (Å²) in [4.78, 5) is 6.96. The van der Waals surface area contributed by atoms with Crippen LogP contribution in [0.5, 0.6) is 17.2 Å². The molecule has 0 aliphatic rings. The second kappa shape index (κ2) is 12.2. The van der Waals surface area contributed by atoms with Gasteiger partial charge in [0.1, 0.15) is 5.52 Å². The summed E-state index contributed by atoms with van der Waals surface area (Å²) in [7, 11) is 3.28. The van der Waals surface area contributed by atoms with E-state index in [-0.39, 0.29) is 0 Å². The molecule has 1 aromatic heterocycles. The first-order valence-corrected chi connectivity index (χ1v) is 11.3. The van der Waals surface area contributed by atoms with E-state index in [9.17, 15) is 0 Å². The van der Waals surface area contributed by atoms with Crippen LogP contribution >= 0.6 is 0 Å². The topological polar surface area (TPSA) is 57.0 Å². The van der Waals surface area contributed by atoms with Gasteiger partial charge in [0.25, 0.3) is 0 Å². The van der Waals surface area contributed by atoms with Crippen LogP contribution in [-0.2, 0) is 0 Å². The van der Waals surface area contributed by atoms with Gasteiger partial charge in [-0.25, -0.2) is 4.98 Å². The van der Waals surface area contributed by atoms with Crippen molar-refractivity contribution >= 4 is 23.3 Å². The minimum absolute atomic E-state index is 0.549. The van der Waals surface area contributed by atoms with E-state index in [0.29, 0.717) is 29.7 Å². The minimum atomic E-state index is 0.549. The number of hydrogen-bond donors (Lipinski definition) is 0. The van der Waals surface area contributed by atoms with Gasteiger partial charge in [-0.15, -0.1) is 0 Å². The number of hydrogen-bond acceptors (Lipinski definition) is 6. The summed E-state index contributed by atoms with van der Waals surface area (Å²) in [5.41, 5.74) is 2.51. The molecule has 0 amide bonds. The molecule has 0 N–H and O–H groups in total. The highest BCUT2D eigenvalue weighted by Gasteiger charge is 2.14. The fourth-order valence-corrected chi connectivity index (χ4v) is 3.70. The van der Waals surface area contributed by atoms with Crippen molar-refractivity contribution in [3.8, 4) is 17.2 Å². The van der Waals surface area contributed by atoms with Crippen LogP contribution in [0.4, 0.5) is 0 Å². The fourth-order valence-electron chi connectivity index (χ4n) is 3.70. The van der Waals surface area contributed by atoms with Crippen molar-refractivity contribution in [2.24, 2.45) is 0 Å². The largest absolute Gasteiger partial charge is 0.493 e. The number of rotatable bonds is 13. The van der Waals surface area contributed by atoms with Crippen LogP contribution in [0.1, 0.15) is 44.6 Å². The molecule has 6 nitrogen and oxygen atoms in total. The molecule has 0 fully saturated rings. The standard InChI is InChI=1S/C26H34N2O4/c1-5-14-28(15-6-2)16-9-17-31-26-23(29-3)18-20(19-24(26)30-4)12-13-25-27-21-10-7-8-11-22(21)32-25/h7-8,10-13,18-19H,5-6,9,14-17H2,1-4H3. The summed E-state index contributed by atoms with van der Waals surface area (Å²) in [5, 5.41) is 0. The van der Waals surface area contributed by atoms with Crippen molar-refractivity contribution in [3.05, 3.63) is 47.9 Å². The Morgan fingerprint density at radius 1 is 0.938 bits per heavy atom. The zero-order valence-electron chi connectivity index (χ0n) is 19.6. The van der Waals surface area contributed by atoms with E-state index < -0.39 is 0 Å². The fraction of sp³-hybridized carbons (Fsp3) is 0.423. The van der Waals surface area contributed by atoms with Gasteiger partial charge in [-0.3, -0.25) is 0 Å². The lowest BCUT2D eigenvalue weighted by atomic mass is 10.1. The van der Waals surface area contributed by atoms with Crippen molar-refractivity contribution < 1.29 is 18.6 Å². The molecular formula is C26H34N2O4. The third kappa shape index (κ3) is 6.26. The number of fused-ring (bicyclic) bond motifs is 1. The van der Waals surface area contributed by atoms with E-state index >= 15 is 0 Å². The number of benzene rings is 2. The quantitative estimate of drug-likeness (QED) is 0.309. The molecule has 0 saturated carbocycles. The second-order valence-electron chi connectivity index (χ2n) is 7.65. The van der Waals surface area contributed by atoms with Gasteiger partial charge in [0.15, 0.2) is 17.1 Å². The first kappa shape index (κ1) is 23.7. The van der Waals surface area contributed by atoms with Crippen LogP contribution in [0.2, 0.25) is 0 Å². The molecule has 3 rings (SSSR count). The lowest BCUT2D eigenvalue weighted by molar-refractivity contribution is 0.224. The Bertz CT molecular complexity index is 948. The molecular weight excluding hydrogens is 404 g/mol. The highest BCUT2D eigenvalue weighted by atomic mass is 16.5. The van der Waals surface area contributed by atoms with Gasteiger partial charge >= 0.3 is 0 Å². The Morgan fingerprint density at radius 3 is 2.25 bits per heavy atom. The Labute approximate surface area is 190 Å². The number of aromatic nitrogens is 1. The van der Waals surface area contributed by atoms with E-state index in [2.05, 4.69) is 23.7 Å². The Morgan fingerprint density at radius 2 is 1.62 bits per heavy atom. The van der Waals surface area contributed by atoms with Crippen LogP contribution in [0.3, 0.4) is 0 Å². The van der Waals surface area contributed by atoms with Crippen LogP contribution in [-0.4, -0.2) is 50.3 Å². The van der Waals surface area contributed by atoms with Gasteiger partial charge in [0, 0.05) is 12.6 Å². The molecule has 0 spiro atoms. The molecule has 172 valence electrons. The Kier molecular flexibility index (Phi) is 8.99. The van der Waals surface area contributed by atoms with Gasteiger partial charge in [0.05, 0.1) is 20.8 Å². The molecule has 1 heterocycles. The number of ether oxygens (including phenoxy) is 3. The molecule has 2 aromatic carbocycles. The third-order valence-electron chi connectivity index (χ3n) is 5.16. The molecule has 0 aliphatic heterocycles. The van der Waals surface area contributed by atoms with Crippen LogP contribution in [0.25, 0.3) is 23.3 Å². The Balaban J connectivity index is 1.68. The van der Waals surface area contributed by atoms with Crippen molar-refractivity contribution in [1.29, 1.82) is 0 Å². The van der Waals surface area contributed by atoms with E-state index in [1.807, 2.05) is 48.6 Å². The van der Waals surface area contributed by atoms with Crippen LogP contribution < -0.4 is 14.2 Å². The van der Waals surface area contributed by atoms with Crippen molar-refractivity contribution in [1.82, 2.24) is 9.88 Å². The molecule has 0 atom stereocenters. The molecule has 3 aromatic rings. The van der Waals surface area contributed by atoms with E-state index in [1.54, 1.807) is 14.2 Å². The number of methoxy groups -OCH3 is 2. The summed E-state index contributed by atoms with van der Waals surface area (Å²) in [6.45, 7) is 8.32. The number of nitrogens with zero attached hydrogens (tertiary/aromatic N) is 2. The molecule has 32 heavy (non-hydrogen) atoms. The highest BCUT2D eigenvalue weighted by Crippen LogP contribution is 2.39. The average Bonchev–Trinajstić information content (AvgIpc) is 3.23. The van der Waals surface area contributed by atoms with Crippen molar-refractivity contribution in [2.75, 3.05) is 40.5 Å². The summed E-state index contributed by atoms with van der Waals surface area (Å²) in [5.74, 6) is 2.46. The summed E-state index contributed by atoms with van der Waals surface area (Å²) >= 11 is 0. The predicted molar refractivity (Wildman–Crippen MR) is 130 cm³/mol. The molecule has 6 heteroatoms. The maximum Gasteiger partial charge on any atom is 0.220 e. The molecule has 0 saturated heterocycles. The molecule has 0 radical (unpaired) electrons. The molecule has 0 unspecified atom stereocenters. The van der Waals surface area contributed by atoms with Gasteiger partial charge < -0.3 is 23.5 Å². The van der Waals surface area contributed by atoms with Gasteiger partial charge in [0.2, 0.25) is 11.6 Å². The maximum absolute atomic E-state index is 6.08. The van der Waals surface area contributed by atoms with Crippen LogP contribution in [0, 0.1) is 0 Å². The first-order chi connectivity index (χ1) is 15.7. The highest BCUT2D eigenvalue weighted by molar-refractivity contribution is 5.76. The second-order valence-corrected chi connectivity index (χ2v) is 7.65. The molecule has 0 aliphatic carbocycles. The lowest BCUT2D eigenvalue weighted by Gasteiger charge is -2.21. The van der Waals surface area contributed by atoms with E-state index in [1.165, 1.54) is 12.8 Å². The SMILES string of the molecule is CCCN(CCC)CCCOc1c(OC)cc(C=Cc2nc3ccccc3o2)cc1OC. The van der Waals surface area contributed by atoms with Gasteiger partial charge in [-0.1, -0.05) is 26.0 Å². The predicted octanol–water partition coefficient (Wildman–Crippen LogP) is 5.91. The van der Waals surface area contributed by atoms with Gasteiger partial charge in [-0.05, 0) is 68.3 Å². The monoisotopic (exact) mass is 438 g/mol. The van der Waals surface area contributed by atoms with Crippen molar-refractivity contribution in [2.45, 2.75) is 33.1 Å². The van der Waals surface area contributed by atoms with Crippen LogP contribution in [0.15, 0.2) is 40.8 Å².